The van der Waals surface area contributed by atoms with E-state index in [9.17, 15) is 9.18 Å². The molecule has 6 heteroatoms. The van der Waals surface area contributed by atoms with Crippen molar-refractivity contribution in [2.45, 2.75) is 13.0 Å². The highest BCUT2D eigenvalue weighted by atomic mass is 19.1. The number of carbonyl (C=O) groups is 1. The van der Waals surface area contributed by atoms with Gasteiger partial charge in [-0.3, -0.25) is 4.79 Å². The largest absolute Gasteiger partial charge is 0.335 e. The van der Waals surface area contributed by atoms with Crippen LogP contribution in [0.15, 0.2) is 61.2 Å². The fourth-order valence-electron chi connectivity index (χ4n) is 2.47. The minimum absolute atomic E-state index is 0.148. The van der Waals surface area contributed by atoms with Gasteiger partial charge in [0.2, 0.25) is 0 Å². The van der Waals surface area contributed by atoms with Crippen LogP contribution in [0.5, 0.6) is 0 Å². The quantitative estimate of drug-likeness (QED) is 0.740. The number of nitrogens with zero attached hydrogens (tertiary/aromatic N) is 4. The molecule has 3 aromatic rings. The molecular formula is C18H17FN4O. The molecule has 1 atom stereocenters. The second-order valence-electron chi connectivity index (χ2n) is 5.53. The Morgan fingerprint density at radius 2 is 1.96 bits per heavy atom. The van der Waals surface area contributed by atoms with Crippen LogP contribution in [0.2, 0.25) is 0 Å². The smallest absolute Gasteiger partial charge is 0.254 e. The third-order valence-electron chi connectivity index (χ3n) is 4.03. The number of benzene rings is 2. The van der Waals surface area contributed by atoms with Crippen LogP contribution in [-0.4, -0.2) is 32.6 Å². The van der Waals surface area contributed by atoms with Crippen molar-refractivity contribution in [2.75, 3.05) is 7.05 Å². The zero-order valence-corrected chi connectivity index (χ0v) is 13.4. The van der Waals surface area contributed by atoms with E-state index in [-0.39, 0.29) is 11.9 Å². The molecule has 0 N–H and O–H groups in total. The van der Waals surface area contributed by atoms with Gasteiger partial charge in [-0.25, -0.2) is 14.1 Å². The Morgan fingerprint density at radius 3 is 2.58 bits per heavy atom. The SMILES string of the molecule is C[C@H](c1ccc(-n2cncn2)cc1)N(C)C(=O)c1cccc(F)c1. The molecule has 0 spiro atoms. The number of aromatic nitrogens is 3. The lowest BCUT2D eigenvalue weighted by Gasteiger charge is -2.25. The Morgan fingerprint density at radius 1 is 1.21 bits per heavy atom. The maximum absolute atomic E-state index is 13.3. The van der Waals surface area contributed by atoms with Gasteiger partial charge in [-0.2, -0.15) is 5.10 Å². The first-order valence-corrected chi connectivity index (χ1v) is 7.54. The van der Waals surface area contributed by atoms with Gasteiger partial charge in [0.1, 0.15) is 18.5 Å². The molecule has 3 rings (SSSR count). The van der Waals surface area contributed by atoms with Crippen molar-refractivity contribution in [3.63, 3.8) is 0 Å². The van der Waals surface area contributed by atoms with Crippen molar-refractivity contribution in [3.8, 4) is 5.69 Å². The normalized spacial score (nSPS) is 12.0. The van der Waals surface area contributed by atoms with Crippen LogP contribution < -0.4 is 0 Å². The van der Waals surface area contributed by atoms with Crippen molar-refractivity contribution in [3.05, 3.63) is 78.1 Å². The maximum Gasteiger partial charge on any atom is 0.254 e. The van der Waals surface area contributed by atoms with E-state index in [4.69, 9.17) is 0 Å². The van der Waals surface area contributed by atoms with Crippen LogP contribution in [0.1, 0.15) is 28.9 Å². The Kier molecular flexibility index (Phi) is 4.37. The predicted molar refractivity (Wildman–Crippen MR) is 88.3 cm³/mol. The van der Waals surface area contributed by atoms with E-state index in [1.807, 2.05) is 31.2 Å². The molecule has 0 saturated heterocycles. The Labute approximate surface area is 139 Å². The summed E-state index contributed by atoms with van der Waals surface area (Å²) in [5.74, 6) is -0.638. The summed E-state index contributed by atoms with van der Waals surface area (Å²) in [6, 6.07) is 13.3. The lowest BCUT2D eigenvalue weighted by molar-refractivity contribution is 0.0742. The molecule has 0 saturated carbocycles. The molecule has 0 unspecified atom stereocenters. The Bertz CT molecular complexity index is 830. The molecule has 0 radical (unpaired) electrons. The summed E-state index contributed by atoms with van der Waals surface area (Å²) in [6.07, 6.45) is 3.10. The molecule has 2 aromatic carbocycles. The maximum atomic E-state index is 13.3. The summed E-state index contributed by atoms with van der Waals surface area (Å²) in [5, 5.41) is 4.08. The second kappa shape index (κ2) is 6.62. The van der Waals surface area contributed by atoms with E-state index in [2.05, 4.69) is 10.1 Å². The van der Waals surface area contributed by atoms with E-state index < -0.39 is 5.82 Å². The van der Waals surface area contributed by atoms with Crippen LogP contribution >= 0.6 is 0 Å². The molecule has 0 aliphatic rings. The van der Waals surface area contributed by atoms with Crippen molar-refractivity contribution in [2.24, 2.45) is 0 Å². The number of carbonyl (C=O) groups excluding carboxylic acids is 1. The van der Waals surface area contributed by atoms with Crippen molar-refractivity contribution in [1.82, 2.24) is 19.7 Å². The van der Waals surface area contributed by atoms with Gasteiger partial charge in [0.15, 0.2) is 0 Å². The Hall–Kier alpha value is -3.02. The first-order chi connectivity index (χ1) is 11.6. The number of amides is 1. The standard InChI is InChI=1S/C18H17FN4O/c1-13(22(2)18(24)15-4-3-5-16(19)10-15)14-6-8-17(9-7-14)23-12-20-11-21-23/h3-13H,1-2H3/t13-/m1/s1. The van der Waals surface area contributed by atoms with Crippen molar-refractivity contribution in [1.29, 1.82) is 0 Å². The highest BCUT2D eigenvalue weighted by Crippen LogP contribution is 2.22. The highest BCUT2D eigenvalue weighted by molar-refractivity contribution is 5.94. The third kappa shape index (κ3) is 3.17. The van der Waals surface area contributed by atoms with Gasteiger partial charge >= 0.3 is 0 Å². The minimum atomic E-state index is -0.418. The fraction of sp³-hybridized carbons (Fsp3) is 0.167. The summed E-state index contributed by atoms with van der Waals surface area (Å²) in [7, 11) is 1.71. The molecule has 1 amide bonds. The number of hydrogen-bond acceptors (Lipinski definition) is 3. The van der Waals surface area contributed by atoms with Crippen LogP contribution in [0, 0.1) is 5.82 Å². The van der Waals surface area contributed by atoms with E-state index in [0.717, 1.165) is 11.3 Å². The minimum Gasteiger partial charge on any atom is -0.335 e. The zero-order chi connectivity index (χ0) is 17.1. The molecule has 5 nitrogen and oxygen atoms in total. The van der Waals surface area contributed by atoms with E-state index in [0.29, 0.717) is 5.56 Å². The summed E-state index contributed by atoms with van der Waals surface area (Å²) < 4.78 is 15.0. The Balaban J connectivity index is 1.78. The first kappa shape index (κ1) is 15.9. The number of hydrogen-bond donors (Lipinski definition) is 0. The van der Waals surface area contributed by atoms with Crippen LogP contribution in [-0.2, 0) is 0 Å². The van der Waals surface area contributed by atoms with E-state index >= 15 is 0 Å². The molecule has 24 heavy (non-hydrogen) atoms. The molecule has 0 aliphatic heterocycles. The third-order valence-corrected chi connectivity index (χ3v) is 4.03. The topological polar surface area (TPSA) is 51.0 Å². The van der Waals surface area contributed by atoms with Gasteiger partial charge in [0.05, 0.1) is 11.7 Å². The van der Waals surface area contributed by atoms with Crippen molar-refractivity contribution >= 4 is 5.91 Å². The zero-order valence-electron chi connectivity index (χ0n) is 13.4. The summed E-state index contributed by atoms with van der Waals surface area (Å²) >= 11 is 0. The summed E-state index contributed by atoms with van der Waals surface area (Å²) in [5.41, 5.74) is 2.21. The number of halogens is 1. The average molecular weight is 324 g/mol. The van der Waals surface area contributed by atoms with Crippen LogP contribution in [0.25, 0.3) is 5.69 Å². The molecule has 0 bridgehead atoms. The highest BCUT2D eigenvalue weighted by Gasteiger charge is 2.19. The average Bonchev–Trinajstić information content (AvgIpc) is 3.14. The molecule has 0 aliphatic carbocycles. The summed E-state index contributed by atoms with van der Waals surface area (Å²) in [4.78, 5) is 18.0. The fourth-order valence-corrected chi connectivity index (χ4v) is 2.47. The van der Waals surface area contributed by atoms with Gasteiger partial charge in [-0.1, -0.05) is 18.2 Å². The monoisotopic (exact) mass is 324 g/mol. The second-order valence-corrected chi connectivity index (χ2v) is 5.53. The predicted octanol–water partition coefficient (Wildman–Crippen LogP) is 3.24. The van der Waals surface area contributed by atoms with Gasteiger partial charge in [0.25, 0.3) is 5.91 Å². The summed E-state index contributed by atoms with van der Waals surface area (Å²) in [6.45, 7) is 1.93. The first-order valence-electron chi connectivity index (χ1n) is 7.54. The lowest BCUT2D eigenvalue weighted by atomic mass is 10.1. The lowest BCUT2D eigenvalue weighted by Crippen LogP contribution is -2.29. The van der Waals surface area contributed by atoms with Gasteiger partial charge < -0.3 is 4.90 Å². The molecular weight excluding hydrogens is 307 g/mol. The van der Waals surface area contributed by atoms with Gasteiger partial charge in [-0.15, -0.1) is 0 Å². The van der Waals surface area contributed by atoms with E-state index in [1.165, 1.54) is 24.5 Å². The molecule has 122 valence electrons. The molecule has 0 fully saturated rings. The van der Waals surface area contributed by atoms with Gasteiger partial charge in [0, 0.05) is 12.6 Å². The molecule has 1 heterocycles. The number of rotatable bonds is 4. The van der Waals surface area contributed by atoms with E-state index in [1.54, 1.807) is 29.0 Å². The van der Waals surface area contributed by atoms with Crippen molar-refractivity contribution < 1.29 is 9.18 Å². The van der Waals surface area contributed by atoms with Crippen LogP contribution in [0.4, 0.5) is 4.39 Å². The molecule has 1 aromatic heterocycles. The van der Waals surface area contributed by atoms with Gasteiger partial charge in [-0.05, 0) is 42.8 Å². The van der Waals surface area contributed by atoms with Crippen LogP contribution in [0.3, 0.4) is 0 Å².